The lowest BCUT2D eigenvalue weighted by Crippen LogP contribution is -2.51. The van der Waals surface area contributed by atoms with Crippen LogP contribution < -0.4 is 5.32 Å². The van der Waals surface area contributed by atoms with Crippen molar-refractivity contribution in [2.24, 2.45) is 5.92 Å². The maximum Gasteiger partial charge on any atom is 0.335 e. The van der Waals surface area contributed by atoms with Crippen LogP contribution in [0.25, 0.3) is 0 Å². The van der Waals surface area contributed by atoms with Crippen LogP contribution in [0.2, 0.25) is 0 Å². The molecule has 3 fully saturated rings. The van der Waals surface area contributed by atoms with Crippen LogP contribution in [0.3, 0.4) is 0 Å². The average molecular weight is 564 g/mol. The molecule has 0 saturated carbocycles. The highest BCUT2D eigenvalue weighted by Gasteiger charge is 2.34. The van der Waals surface area contributed by atoms with Gasteiger partial charge in [-0.1, -0.05) is 19.1 Å². The number of anilines is 1. The van der Waals surface area contributed by atoms with Crippen LogP contribution in [0.5, 0.6) is 0 Å². The molecule has 1 unspecified atom stereocenters. The predicted molar refractivity (Wildman–Crippen MR) is 151 cm³/mol. The van der Waals surface area contributed by atoms with Crippen molar-refractivity contribution >= 4 is 42.0 Å². The fourth-order valence-electron chi connectivity index (χ4n) is 5.60. The Morgan fingerprint density at radius 1 is 1.05 bits per heavy atom. The largest absolute Gasteiger partial charge is 0.378 e. The second-order valence-corrected chi connectivity index (χ2v) is 10.6. The molecule has 39 heavy (non-hydrogen) atoms. The first kappa shape index (κ1) is 30.8. The van der Waals surface area contributed by atoms with E-state index in [2.05, 4.69) is 24.1 Å². The molecule has 6 amide bonds. The van der Waals surface area contributed by atoms with Crippen molar-refractivity contribution in [2.45, 2.75) is 58.4 Å². The van der Waals surface area contributed by atoms with E-state index in [0.717, 1.165) is 57.4 Å². The molecule has 0 spiro atoms. The number of carbonyl (C=O) groups is 4. The highest BCUT2D eigenvalue weighted by molar-refractivity contribution is 6.17. The summed E-state index contributed by atoms with van der Waals surface area (Å²) in [6, 6.07) is 7.38. The number of morpholine rings is 1. The van der Waals surface area contributed by atoms with Gasteiger partial charge in [-0.25, -0.2) is 14.5 Å². The minimum Gasteiger partial charge on any atom is -0.378 e. The van der Waals surface area contributed by atoms with Gasteiger partial charge in [-0.3, -0.25) is 9.59 Å². The van der Waals surface area contributed by atoms with Gasteiger partial charge in [0.2, 0.25) is 11.8 Å². The molecule has 0 aliphatic carbocycles. The number of carbonyl (C=O) groups excluding carboxylic acids is 4. The van der Waals surface area contributed by atoms with Crippen LogP contribution in [0.4, 0.5) is 15.3 Å². The van der Waals surface area contributed by atoms with Gasteiger partial charge in [0.25, 0.3) is 0 Å². The molecule has 0 radical (unpaired) electrons. The third-order valence-electron chi connectivity index (χ3n) is 7.76. The summed E-state index contributed by atoms with van der Waals surface area (Å²) in [5, 5.41) is 2.70. The molecule has 1 aromatic carbocycles. The number of likely N-dealkylation sites (tertiary alicyclic amines) is 2. The lowest BCUT2D eigenvalue weighted by molar-refractivity contribution is -0.134. The van der Waals surface area contributed by atoms with Gasteiger partial charge in [-0.05, 0) is 62.8 Å². The second kappa shape index (κ2) is 14.6. The van der Waals surface area contributed by atoms with Gasteiger partial charge in [-0.15, -0.1) is 12.4 Å². The number of hydrogen-bond acceptors (Lipinski definition) is 6. The van der Waals surface area contributed by atoms with Gasteiger partial charge in [0, 0.05) is 57.3 Å². The number of urea groups is 2. The summed E-state index contributed by atoms with van der Waals surface area (Å²) in [4.78, 5) is 56.2. The molecule has 0 bridgehead atoms. The van der Waals surface area contributed by atoms with Gasteiger partial charge in [0.15, 0.2) is 0 Å². The maximum atomic E-state index is 12.8. The highest BCUT2D eigenvalue weighted by atomic mass is 35.5. The maximum absolute atomic E-state index is 12.8. The molecule has 1 N–H and O–H groups in total. The molecular formula is C28H42ClN5O5. The van der Waals surface area contributed by atoms with Crippen LogP contribution in [-0.4, -0.2) is 102 Å². The predicted octanol–water partition coefficient (Wildman–Crippen LogP) is 3.60. The van der Waals surface area contributed by atoms with Crippen LogP contribution in [0, 0.1) is 5.92 Å². The zero-order chi connectivity index (χ0) is 27.1. The van der Waals surface area contributed by atoms with E-state index in [0.29, 0.717) is 48.9 Å². The van der Waals surface area contributed by atoms with E-state index in [4.69, 9.17) is 4.74 Å². The van der Waals surface area contributed by atoms with Crippen molar-refractivity contribution in [3.63, 3.8) is 0 Å². The summed E-state index contributed by atoms with van der Waals surface area (Å²) in [5.41, 5.74) is 1.66. The Balaban J connectivity index is 0.00000420. The Morgan fingerprint density at radius 2 is 1.69 bits per heavy atom. The fraction of sp³-hybridized carbons (Fsp3) is 0.643. The Hall–Kier alpha value is -2.69. The lowest BCUT2D eigenvalue weighted by Gasteiger charge is -2.39. The topological polar surface area (TPSA) is 102 Å². The minimum absolute atomic E-state index is 0. The van der Waals surface area contributed by atoms with E-state index >= 15 is 0 Å². The molecular weight excluding hydrogens is 522 g/mol. The highest BCUT2D eigenvalue weighted by Crippen LogP contribution is 2.23. The van der Waals surface area contributed by atoms with E-state index in [1.165, 1.54) is 0 Å². The van der Waals surface area contributed by atoms with Crippen molar-refractivity contribution in [1.82, 2.24) is 19.6 Å². The van der Waals surface area contributed by atoms with Crippen LogP contribution in [-0.2, 0) is 20.7 Å². The summed E-state index contributed by atoms with van der Waals surface area (Å²) >= 11 is 0. The summed E-state index contributed by atoms with van der Waals surface area (Å²) in [7, 11) is 0. The number of benzene rings is 1. The molecule has 3 saturated heterocycles. The van der Waals surface area contributed by atoms with Gasteiger partial charge >= 0.3 is 12.1 Å². The van der Waals surface area contributed by atoms with E-state index < -0.39 is 17.8 Å². The molecule has 11 heteroatoms. The third-order valence-corrected chi connectivity index (χ3v) is 7.76. The van der Waals surface area contributed by atoms with Crippen LogP contribution in [0.15, 0.2) is 24.3 Å². The van der Waals surface area contributed by atoms with E-state index in [1.54, 1.807) is 6.07 Å². The van der Waals surface area contributed by atoms with Gasteiger partial charge in [-0.2, -0.15) is 0 Å². The fourth-order valence-corrected chi connectivity index (χ4v) is 5.60. The molecule has 0 aromatic heterocycles. The average Bonchev–Trinajstić information content (AvgIpc) is 3.26. The van der Waals surface area contributed by atoms with Gasteiger partial charge < -0.3 is 24.8 Å². The molecule has 216 valence electrons. The summed E-state index contributed by atoms with van der Waals surface area (Å²) in [5.74, 6) is -0.355. The molecule has 4 rings (SSSR count). The van der Waals surface area contributed by atoms with Crippen LogP contribution in [0.1, 0.15) is 51.5 Å². The monoisotopic (exact) mass is 563 g/mol. The Bertz CT molecular complexity index is 994. The van der Waals surface area contributed by atoms with Crippen LogP contribution >= 0.6 is 12.4 Å². The minimum atomic E-state index is -0.686. The number of rotatable bonds is 8. The number of hydrogen-bond donors (Lipinski definition) is 1. The number of nitrogens with zero attached hydrogens (tertiary/aromatic N) is 4. The lowest BCUT2D eigenvalue weighted by atomic mass is 9.95. The number of amides is 6. The van der Waals surface area contributed by atoms with E-state index in [-0.39, 0.29) is 31.3 Å². The number of piperidine rings is 1. The first-order valence-electron chi connectivity index (χ1n) is 14.0. The number of imide groups is 3. The van der Waals surface area contributed by atoms with Gasteiger partial charge in [0.1, 0.15) is 0 Å². The Kier molecular flexibility index (Phi) is 11.6. The first-order valence-corrected chi connectivity index (χ1v) is 14.0. The summed E-state index contributed by atoms with van der Waals surface area (Å²) in [6.45, 7) is 10.7. The molecule has 3 aliphatic rings. The number of halogens is 1. The second-order valence-electron chi connectivity index (χ2n) is 10.6. The zero-order valence-electron chi connectivity index (χ0n) is 23.1. The molecule has 3 aliphatic heterocycles. The summed E-state index contributed by atoms with van der Waals surface area (Å²) < 4.78 is 5.38. The normalized spacial score (nSPS) is 19.3. The molecule has 1 aromatic rings. The summed E-state index contributed by atoms with van der Waals surface area (Å²) in [6.07, 6.45) is 4.07. The van der Waals surface area contributed by atoms with Crippen molar-refractivity contribution in [2.75, 3.05) is 57.8 Å². The van der Waals surface area contributed by atoms with Crippen molar-refractivity contribution < 1.29 is 23.9 Å². The van der Waals surface area contributed by atoms with Crippen molar-refractivity contribution in [3.8, 4) is 0 Å². The van der Waals surface area contributed by atoms with Crippen molar-refractivity contribution in [1.29, 1.82) is 0 Å². The SMILES string of the molecule is CCCN(CC1CCN(C(=O)N2CCOCC2)CC1)C(C)Cc1cccc(NC(=O)N2C(=O)CCC2=O)c1.Cl. The van der Waals surface area contributed by atoms with E-state index in [1.807, 2.05) is 28.0 Å². The van der Waals surface area contributed by atoms with E-state index in [9.17, 15) is 19.2 Å². The smallest absolute Gasteiger partial charge is 0.335 e. The third kappa shape index (κ3) is 8.16. The van der Waals surface area contributed by atoms with Crippen molar-refractivity contribution in [3.05, 3.63) is 29.8 Å². The van der Waals surface area contributed by atoms with Gasteiger partial charge in [0.05, 0.1) is 13.2 Å². The number of ether oxygens (including phenoxy) is 1. The Labute approximate surface area is 237 Å². The zero-order valence-corrected chi connectivity index (χ0v) is 23.9. The standard InChI is InChI=1S/C28H41N5O5.ClH/c1-3-11-32(20-22-9-12-30(13-10-22)28(37)31-14-16-38-17-15-31)21(2)18-23-5-4-6-24(19-23)29-27(36)33-25(34)7-8-26(33)35;/h4-6,19,21-22H,3,7-18,20H2,1-2H3,(H,29,36);1H. The first-order chi connectivity index (χ1) is 18.4. The quantitative estimate of drug-likeness (QED) is 0.485. The Morgan fingerprint density at radius 3 is 2.33 bits per heavy atom. The molecule has 3 heterocycles. The number of nitrogens with one attached hydrogen (secondary N) is 1. The molecule has 10 nitrogen and oxygen atoms in total. The molecule has 1 atom stereocenters.